The monoisotopic (exact) mass is 268 g/mol. The maximum Gasteiger partial charge on any atom is 0.264 e. The lowest BCUT2D eigenvalue weighted by molar-refractivity contribution is 0.422. The van der Waals surface area contributed by atoms with Gasteiger partial charge in [0, 0.05) is 12.7 Å². The lowest BCUT2D eigenvalue weighted by atomic mass is 10.4. The first-order chi connectivity index (χ1) is 8.55. The Morgan fingerprint density at radius 3 is 2.83 bits per heavy atom. The van der Waals surface area contributed by atoms with E-state index in [1.807, 2.05) is 0 Å². The lowest BCUT2D eigenvalue weighted by Gasteiger charge is -2.19. The van der Waals surface area contributed by atoms with Gasteiger partial charge in [0.2, 0.25) is 5.03 Å². The second-order valence-electron chi connectivity index (χ2n) is 4.24. The Hall–Kier alpha value is -1.45. The third kappa shape index (κ3) is 2.68. The van der Waals surface area contributed by atoms with Gasteiger partial charge in [-0.05, 0) is 30.9 Å². The van der Waals surface area contributed by atoms with E-state index in [-0.39, 0.29) is 6.54 Å². The van der Waals surface area contributed by atoms with Crippen molar-refractivity contribution in [2.45, 2.75) is 17.9 Å². The Morgan fingerprint density at radius 1 is 1.56 bits per heavy atom. The highest BCUT2D eigenvalue weighted by Gasteiger charge is 2.33. The van der Waals surface area contributed by atoms with E-state index in [2.05, 4.69) is 10.9 Å². The van der Waals surface area contributed by atoms with E-state index >= 15 is 0 Å². The van der Waals surface area contributed by atoms with E-state index in [9.17, 15) is 12.8 Å². The number of pyridine rings is 1. The highest BCUT2D eigenvalue weighted by Crippen LogP contribution is 2.31. The van der Waals surface area contributed by atoms with Gasteiger partial charge in [-0.2, -0.15) is 4.31 Å². The van der Waals surface area contributed by atoms with Gasteiger partial charge < -0.3 is 0 Å². The largest absolute Gasteiger partial charge is 0.264 e. The zero-order chi connectivity index (χ0) is 13.2. The molecule has 0 aromatic carbocycles. The van der Waals surface area contributed by atoms with E-state index < -0.39 is 20.9 Å². The van der Waals surface area contributed by atoms with Gasteiger partial charge in [0.25, 0.3) is 10.0 Å². The molecular formula is C12H13FN2O2S. The summed E-state index contributed by atoms with van der Waals surface area (Å²) >= 11 is 0. The second-order valence-corrected chi connectivity index (χ2v) is 6.09. The molecule has 1 heterocycles. The molecule has 1 saturated carbocycles. The molecule has 0 bridgehead atoms. The zero-order valence-electron chi connectivity index (χ0n) is 9.71. The molecule has 96 valence electrons. The first-order valence-corrected chi connectivity index (χ1v) is 7.04. The summed E-state index contributed by atoms with van der Waals surface area (Å²) in [5.41, 5.74) is 0. The standard InChI is InChI=1S/C12H13FN2O2S/c1-2-8-15(9-10-5-6-10)18(16,17)12-11(13)4-3-7-14-12/h1,3-4,7,10H,5-6,8-9H2. The van der Waals surface area contributed by atoms with Crippen molar-refractivity contribution >= 4 is 10.0 Å². The van der Waals surface area contributed by atoms with Gasteiger partial charge in [-0.3, -0.25) is 0 Å². The van der Waals surface area contributed by atoms with Crippen LogP contribution in [0.15, 0.2) is 23.4 Å². The van der Waals surface area contributed by atoms with E-state index in [0.29, 0.717) is 12.5 Å². The predicted octanol–water partition coefficient (Wildman–Crippen LogP) is 1.25. The summed E-state index contributed by atoms with van der Waals surface area (Å²) in [4.78, 5) is 3.61. The van der Waals surface area contributed by atoms with Gasteiger partial charge in [0.05, 0.1) is 6.54 Å². The summed E-state index contributed by atoms with van der Waals surface area (Å²) in [6.45, 7) is 0.275. The first-order valence-electron chi connectivity index (χ1n) is 5.60. The number of halogens is 1. The van der Waals surface area contributed by atoms with Gasteiger partial charge in [0.15, 0.2) is 5.82 Å². The molecule has 0 atom stereocenters. The number of hydrogen-bond acceptors (Lipinski definition) is 3. The van der Waals surface area contributed by atoms with Crippen molar-refractivity contribution in [1.29, 1.82) is 0 Å². The van der Waals surface area contributed by atoms with Crippen LogP contribution >= 0.6 is 0 Å². The minimum Gasteiger partial charge on any atom is -0.241 e. The molecule has 0 spiro atoms. The molecule has 6 heteroatoms. The molecule has 0 unspecified atom stereocenters. The van der Waals surface area contributed by atoms with E-state index in [1.54, 1.807) is 0 Å². The lowest BCUT2D eigenvalue weighted by Crippen LogP contribution is -2.34. The number of sulfonamides is 1. The quantitative estimate of drug-likeness (QED) is 0.755. The summed E-state index contributed by atoms with van der Waals surface area (Å²) < 4.78 is 39.1. The Morgan fingerprint density at radius 2 is 2.28 bits per heavy atom. The van der Waals surface area contributed by atoms with Gasteiger partial charge in [0.1, 0.15) is 0 Å². The maximum absolute atomic E-state index is 13.5. The minimum absolute atomic E-state index is 0.0607. The van der Waals surface area contributed by atoms with Gasteiger partial charge in [-0.1, -0.05) is 5.92 Å². The van der Waals surface area contributed by atoms with Crippen LogP contribution < -0.4 is 0 Å². The Balaban J connectivity index is 2.32. The number of nitrogens with zero attached hydrogens (tertiary/aromatic N) is 2. The van der Waals surface area contributed by atoms with Crippen LogP contribution in [-0.4, -0.2) is 30.8 Å². The van der Waals surface area contributed by atoms with Crippen LogP contribution in [0.2, 0.25) is 0 Å². The number of terminal acetylenes is 1. The summed E-state index contributed by atoms with van der Waals surface area (Å²) in [7, 11) is -3.94. The molecule has 1 aliphatic rings. The molecule has 0 radical (unpaired) electrons. The van der Waals surface area contributed by atoms with Crippen LogP contribution in [0.4, 0.5) is 4.39 Å². The number of rotatable bonds is 5. The molecule has 0 N–H and O–H groups in total. The third-order valence-electron chi connectivity index (χ3n) is 2.74. The molecule has 0 aliphatic heterocycles. The van der Waals surface area contributed by atoms with Crippen molar-refractivity contribution in [3.63, 3.8) is 0 Å². The molecule has 1 aromatic rings. The molecular weight excluding hydrogens is 255 g/mol. The van der Waals surface area contributed by atoms with Crippen LogP contribution in [0.5, 0.6) is 0 Å². The number of aromatic nitrogens is 1. The van der Waals surface area contributed by atoms with E-state index in [4.69, 9.17) is 6.42 Å². The van der Waals surface area contributed by atoms with Crippen LogP contribution in [-0.2, 0) is 10.0 Å². The van der Waals surface area contributed by atoms with Crippen LogP contribution in [0.25, 0.3) is 0 Å². The van der Waals surface area contributed by atoms with Crippen LogP contribution in [0, 0.1) is 24.1 Å². The maximum atomic E-state index is 13.5. The minimum atomic E-state index is -3.94. The fraction of sp³-hybridized carbons (Fsp3) is 0.417. The van der Waals surface area contributed by atoms with Gasteiger partial charge in [-0.25, -0.2) is 17.8 Å². The van der Waals surface area contributed by atoms with E-state index in [0.717, 1.165) is 23.2 Å². The normalized spacial score (nSPS) is 15.6. The van der Waals surface area contributed by atoms with Crippen LogP contribution in [0.1, 0.15) is 12.8 Å². The Bertz CT molecular complexity index is 576. The summed E-state index contributed by atoms with van der Waals surface area (Å²) in [5, 5.41) is -0.555. The predicted molar refractivity (Wildman–Crippen MR) is 64.5 cm³/mol. The summed E-state index contributed by atoms with van der Waals surface area (Å²) in [6.07, 6.45) is 8.39. The molecule has 2 rings (SSSR count). The molecule has 1 aliphatic carbocycles. The fourth-order valence-electron chi connectivity index (χ4n) is 1.62. The molecule has 4 nitrogen and oxygen atoms in total. The van der Waals surface area contributed by atoms with Crippen LogP contribution in [0.3, 0.4) is 0 Å². The van der Waals surface area contributed by atoms with Crippen molar-refractivity contribution in [2.75, 3.05) is 13.1 Å². The first kappa shape index (κ1) is 13.0. The van der Waals surface area contributed by atoms with Crippen molar-refractivity contribution in [3.8, 4) is 12.3 Å². The number of hydrogen-bond donors (Lipinski definition) is 0. The van der Waals surface area contributed by atoms with Crippen molar-refractivity contribution in [2.24, 2.45) is 5.92 Å². The average molecular weight is 268 g/mol. The highest BCUT2D eigenvalue weighted by molar-refractivity contribution is 7.89. The summed E-state index contributed by atoms with van der Waals surface area (Å²) in [5.74, 6) is 1.77. The molecule has 0 amide bonds. The SMILES string of the molecule is C#CCN(CC1CC1)S(=O)(=O)c1ncccc1F. The summed E-state index contributed by atoms with van der Waals surface area (Å²) in [6, 6.07) is 2.42. The molecule has 0 saturated heterocycles. The average Bonchev–Trinajstić information content (AvgIpc) is 3.13. The molecule has 1 fully saturated rings. The highest BCUT2D eigenvalue weighted by atomic mass is 32.2. The zero-order valence-corrected chi connectivity index (χ0v) is 10.5. The van der Waals surface area contributed by atoms with Gasteiger partial charge >= 0.3 is 0 Å². The van der Waals surface area contributed by atoms with Crippen molar-refractivity contribution < 1.29 is 12.8 Å². The fourth-order valence-corrected chi connectivity index (χ4v) is 3.03. The smallest absolute Gasteiger partial charge is 0.241 e. The third-order valence-corrected chi connectivity index (χ3v) is 4.48. The molecule has 1 aromatic heterocycles. The van der Waals surface area contributed by atoms with E-state index in [1.165, 1.54) is 12.3 Å². The van der Waals surface area contributed by atoms with Gasteiger partial charge in [-0.15, -0.1) is 6.42 Å². The van der Waals surface area contributed by atoms with Crippen molar-refractivity contribution in [1.82, 2.24) is 9.29 Å². The topological polar surface area (TPSA) is 50.3 Å². The molecule has 18 heavy (non-hydrogen) atoms. The van der Waals surface area contributed by atoms with Crippen molar-refractivity contribution in [3.05, 3.63) is 24.1 Å². The second kappa shape index (κ2) is 5.04. The Labute approximate surface area is 106 Å². The Kier molecular flexibility index (Phi) is 3.64.